The van der Waals surface area contributed by atoms with Gasteiger partial charge in [0.1, 0.15) is 0 Å². The lowest BCUT2D eigenvalue weighted by molar-refractivity contribution is -0.151. The van der Waals surface area contributed by atoms with Gasteiger partial charge in [0.05, 0.1) is 12.7 Å². The number of carbonyl (C=O) groups excluding carboxylic acids is 2. The molecule has 0 aromatic carbocycles. The third kappa shape index (κ3) is 3.85. The van der Waals surface area contributed by atoms with Gasteiger partial charge in [-0.25, -0.2) is 0 Å². The molecule has 0 radical (unpaired) electrons. The fraction of sp³-hybridized carbons (Fsp3) is 0.731. The molecule has 4 aliphatic carbocycles. The molecule has 3 fully saturated rings. The molecule has 6 heteroatoms. The summed E-state index contributed by atoms with van der Waals surface area (Å²) in [5, 5.41) is 20.2. The Bertz CT molecular complexity index is 858. The molecule has 3 saturated carbocycles. The monoisotopic (exact) mass is 444 g/mol. The van der Waals surface area contributed by atoms with Gasteiger partial charge in [-0.05, 0) is 67.4 Å². The Morgan fingerprint density at radius 1 is 1.25 bits per heavy atom. The molecule has 7 unspecified atom stereocenters. The molecule has 8 atom stereocenters. The Morgan fingerprint density at radius 2 is 2.00 bits per heavy atom. The number of esters is 1. The van der Waals surface area contributed by atoms with E-state index in [1.54, 1.807) is 12.2 Å². The minimum absolute atomic E-state index is 0.0285. The van der Waals surface area contributed by atoms with Crippen LogP contribution in [0.5, 0.6) is 0 Å². The van der Waals surface area contributed by atoms with Crippen LogP contribution in [-0.4, -0.2) is 40.6 Å². The first-order valence-corrected chi connectivity index (χ1v) is 12.1. The summed E-state index contributed by atoms with van der Waals surface area (Å²) in [5.41, 5.74) is 0.787. The zero-order chi connectivity index (χ0) is 23.3. The maximum absolute atomic E-state index is 12.2. The number of carboxylic acids is 1. The van der Waals surface area contributed by atoms with Gasteiger partial charge in [-0.1, -0.05) is 32.4 Å². The number of aliphatic hydroxyl groups excluding tert-OH is 1. The van der Waals surface area contributed by atoms with Crippen molar-refractivity contribution in [1.82, 2.24) is 0 Å². The molecule has 2 N–H and O–H groups in total. The predicted octanol–water partition coefficient (Wildman–Crippen LogP) is 3.93. The summed E-state index contributed by atoms with van der Waals surface area (Å²) in [4.78, 5) is 34.8. The minimum Gasteiger partial charge on any atom is -0.481 e. The summed E-state index contributed by atoms with van der Waals surface area (Å²) in [6, 6.07) is 0. The predicted molar refractivity (Wildman–Crippen MR) is 118 cm³/mol. The second kappa shape index (κ2) is 8.44. The van der Waals surface area contributed by atoms with E-state index in [1.807, 2.05) is 6.08 Å². The van der Waals surface area contributed by atoms with E-state index in [0.717, 1.165) is 24.8 Å². The molecule has 0 heterocycles. The van der Waals surface area contributed by atoms with Crippen molar-refractivity contribution in [2.24, 2.45) is 40.4 Å². The number of rotatable bonds is 6. The Labute approximate surface area is 190 Å². The molecule has 176 valence electrons. The Kier molecular flexibility index (Phi) is 6.12. The highest BCUT2D eigenvalue weighted by Gasteiger charge is 2.63. The van der Waals surface area contributed by atoms with Gasteiger partial charge in [-0.3, -0.25) is 14.4 Å². The minimum atomic E-state index is -0.903. The molecule has 0 spiro atoms. The molecule has 32 heavy (non-hydrogen) atoms. The lowest BCUT2D eigenvalue weighted by Gasteiger charge is -2.58. The number of hydrogen-bond donors (Lipinski definition) is 2. The van der Waals surface area contributed by atoms with E-state index >= 15 is 0 Å². The van der Waals surface area contributed by atoms with Crippen LogP contribution < -0.4 is 0 Å². The molecule has 0 aliphatic heterocycles. The average molecular weight is 445 g/mol. The van der Waals surface area contributed by atoms with Gasteiger partial charge in [0.15, 0.2) is 5.78 Å². The van der Waals surface area contributed by atoms with Crippen molar-refractivity contribution < 1.29 is 29.3 Å². The summed E-state index contributed by atoms with van der Waals surface area (Å²) in [6.07, 6.45) is 9.01. The summed E-state index contributed by atoms with van der Waals surface area (Å²) in [7, 11) is 0. The number of carboxylic acid groups (broad SMARTS) is 1. The van der Waals surface area contributed by atoms with Crippen molar-refractivity contribution in [3.8, 4) is 0 Å². The van der Waals surface area contributed by atoms with Gasteiger partial charge in [0.2, 0.25) is 0 Å². The summed E-state index contributed by atoms with van der Waals surface area (Å²) >= 11 is 0. The number of ketones is 1. The van der Waals surface area contributed by atoms with Crippen molar-refractivity contribution >= 4 is 17.7 Å². The molecule has 0 bridgehead atoms. The summed E-state index contributed by atoms with van der Waals surface area (Å²) < 4.78 is 5.61. The molecular weight excluding hydrogens is 408 g/mol. The first-order valence-electron chi connectivity index (χ1n) is 12.1. The van der Waals surface area contributed by atoms with E-state index in [0.29, 0.717) is 37.2 Å². The lowest BCUT2D eigenvalue weighted by Crippen LogP contribution is -2.56. The van der Waals surface area contributed by atoms with Crippen LogP contribution in [0.1, 0.15) is 65.7 Å². The highest BCUT2D eigenvalue weighted by molar-refractivity contribution is 6.01. The topological polar surface area (TPSA) is 101 Å². The maximum atomic E-state index is 12.2. The third-order valence-electron chi connectivity index (χ3n) is 9.29. The molecule has 6 nitrogen and oxygen atoms in total. The van der Waals surface area contributed by atoms with Gasteiger partial charge >= 0.3 is 11.9 Å². The van der Waals surface area contributed by atoms with Crippen LogP contribution in [0.25, 0.3) is 0 Å². The Hall–Kier alpha value is -1.95. The fourth-order valence-corrected chi connectivity index (χ4v) is 7.78. The van der Waals surface area contributed by atoms with Crippen molar-refractivity contribution in [3.05, 3.63) is 23.8 Å². The quantitative estimate of drug-likeness (QED) is 0.602. The second-order valence-electron chi connectivity index (χ2n) is 11.0. The first-order chi connectivity index (χ1) is 15.1. The normalized spacial score (nSPS) is 42.5. The van der Waals surface area contributed by atoms with Crippen molar-refractivity contribution in [2.75, 3.05) is 6.61 Å². The number of allylic oxidation sites excluding steroid dienone is 4. The highest BCUT2D eigenvalue weighted by atomic mass is 16.5. The SMILES string of the molecule is C[C@@H]1CC2C3CCC4=CC(=O)C=CC4(C)C3C(O)CC2(C)C1COC(=O)CCCC(=O)O. The average Bonchev–Trinajstić information content (AvgIpc) is 2.95. The Morgan fingerprint density at radius 3 is 2.72 bits per heavy atom. The molecule has 4 rings (SSSR count). The summed E-state index contributed by atoms with van der Waals surface area (Å²) in [5.74, 6) is 0.306. The molecule has 0 aromatic rings. The zero-order valence-electron chi connectivity index (χ0n) is 19.4. The highest BCUT2D eigenvalue weighted by Crippen LogP contribution is 2.67. The lowest BCUT2D eigenvalue weighted by atomic mass is 9.47. The standard InChI is InChI=1S/C26H36O6/c1-15-11-19-18-8-7-16-12-17(27)9-10-25(16,2)24(18)21(28)13-26(19,3)20(15)14-32-23(31)6-4-5-22(29)30/h9-10,12,15,18-21,24,28H,4-8,11,13-14H2,1-3H3,(H,29,30)/t15-,18?,19?,20?,21?,24?,25?,26?/m1/s1. The van der Waals surface area contributed by atoms with Crippen molar-refractivity contribution in [3.63, 3.8) is 0 Å². The van der Waals surface area contributed by atoms with E-state index in [1.165, 1.54) is 0 Å². The number of aliphatic hydroxyl groups is 1. The maximum Gasteiger partial charge on any atom is 0.305 e. The molecule has 0 saturated heterocycles. The van der Waals surface area contributed by atoms with E-state index < -0.39 is 12.1 Å². The van der Waals surface area contributed by atoms with Crippen LogP contribution >= 0.6 is 0 Å². The number of aliphatic carboxylic acids is 1. The van der Waals surface area contributed by atoms with Gasteiger partial charge in [0, 0.05) is 30.1 Å². The number of fused-ring (bicyclic) bond motifs is 5. The fourth-order valence-electron chi connectivity index (χ4n) is 7.78. The first kappa shape index (κ1) is 23.2. The van der Waals surface area contributed by atoms with Gasteiger partial charge in [-0.15, -0.1) is 0 Å². The number of hydrogen-bond acceptors (Lipinski definition) is 5. The van der Waals surface area contributed by atoms with E-state index in [4.69, 9.17) is 9.84 Å². The van der Waals surface area contributed by atoms with E-state index in [9.17, 15) is 19.5 Å². The van der Waals surface area contributed by atoms with E-state index in [-0.39, 0.29) is 47.3 Å². The van der Waals surface area contributed by atoms with Crippen molar-refractivity contribution in [2.45, 2.75) is 71.8 Å². The van der Waals surface area contributed by atoms with E-state index in [2.05, 4.69) is 20.8 Å². The van der Waals surface area contributed by atoms with Crippen LogP contribution in [0.15, 0.2) is 23.8 Å². The van der Waals surface area contributed by atoms with Crippen LogP contribution in [0.3, 0.4) is 0 Å². The Balaban J connectivity index is 1.49. The summed E-state index contributed by atoms with van der Waals surface area (Å²) in [6.45, 7) is 7.00. The van der Waals surface area contributed by atoms with Crippen LogP contribution in [-0.2, 0) is 19.1 Å². The van der Waals surface area contributed by atoms with Gasteiger partial charge in [0.25, 0.3) is 0 Å². The molecular formula is C26H36O6. The third-order valence-corrected chi connectivity index (χ3v) is 9.29. The van der Waals surface area contributed by atoms with Crippen molar-refractivity contribution in [1.29, 1.82) is 0 Å². The molecule has 0 amide bonds. The number of carbonyl (C=O) groups is 3. The largest absolute Gasteiger partial charge is 0.481 e. The molecule has 4 aliphatic rings. The van der Waals surface area contributed by atoms with Gasteiger partial charge < -0.3 is 14.9 Å². The zero-order valence-corrected chi connectivity index (χ0v) is 19.4. The van der Waals surface area contributed by atoms with Crippen LogP contribution in [0, 0.1) is 40.4 Å². The molecule has 0 aromatic heterocycles. The smallest absolute Gasteiger partial charge is 0.305 e. The number of ether oxygens (including phenoxy) is 1. The van der Waals surface area contributed by atoms with Crippen LogP contribution in [0.4, 0.5) is 0 Å². The van der Waals surface area contributed by atoms with Gasteiger partial charge in [-0.2, -0.15) is 0 Å². The second-order valence-corrected chi connectivity index (χ2v) is 11.0. The van der Waals surface area contributed by atoms with Crippen LogP contribution in [0.2, 0.25) is 0 Å².